The van der Waals surface area contributed by atoms with E-state index in [0.717, 1.165) is 0 Å². The van der Waals surface area contributed by atoms with E-state index in [4.69, 9.17) is 22.9 Å². The van der Waals surface area contributed by atoms with Crippen molar-refractivity contribution in [1.82, 2.24) is 0 Å². The van der Waals surface area contributed by atoms with E-state index >= 15 is 0 Å². The monoisotopic (exact) mass is 182 g/mol. The Morgan fingerprint density at radius 2 is 2.00 bits per heavy atom. The fraction of sp³-hybridized carbons (Fsp3) is 0.500. The molecule has 0 aliphatic heterocycles. The molecule has 0 saturated carbocycles. The van der Waals surface area contributed by atoms with Crippen molar-refractivity contribution in [1.29, 1.82) is 0 Å². The van der Waals surface area contributed by atoms with Gasteiger partial charge in [0.1, 0.15) is 12.2 Å². The molecule has 0 N–H and O–H groups in total. The minimum Gasteiger partial charge on any atom is -0.507 e. The zero-order valence-electron chi connectivity index (χ0n) is 5.27. The van der Waals surface area contributed by atoms with Crippen LogP contribution >= 0.6 is 22.9 Å². The first-order valence-corrected chi connectivity index (χ1v) is 3.36. The Bertz CT molecular complexity index is 147. The van der Waals surface area contributed by atoms with Crippen molar-refractivity contribution in [2.45, 2.75) is 13.3 Å². The summed E-state index contributed by atoms with van der Waals surface area (Å²) in [6.45, 7) is 1.28. The Morgan fingerprint density at radius 3 is 2.30 bits per heavy atom. The van der Waals surface area contributed by atoms with E-state index in [-0.39, 0.29) is 12.2 Å². The summed E-state index contributed by atoms with van der Waals surface area (Å²) in [4.78, 5) is 20.7. The van der Waals surface area contributed by atoms with Crippen molar-refractivity contribution in [2.75, 3.05) is 0 Å². The molecule has 56 valence electrons. The lowest BCUT2D eigenvalue weighted by atomic mass is 10.3. The van der Waals surface area contributed by atoms with Gasteiger partial charge in [0, 0.05) is 0 Å². The highest BCUT2D eigenvalue weighted by atomic mass is 35.5. The lowest BCUT2D eigenvalue weighted by Crippen LogP contribution is -2.13. The Hall–Kier alpha value is -0.215. The van der Waals surface area contributed by atoms with Crippen molar-refractivity contribution in [3.63, 3.8) is 0 Å². The van der Waals surface area contributed by atoms with E-state index in [9.17, 15) is 9.59 Å². The molecule has 0 aromatic rings. The van der Waals surface area contributed by atoms with Crippen LogP contribution in [0.4, 0.5) is 0 Å². The first-order chi connectivity index (χ1) is 4.52. The number of carbonyl (C=O) groups is 2. The molecule has 0 aliphatic carbocycles. The number of hydrogen-bond acceptors (Lipinski definition) is 3. The van der Waals surface area contributed by atoms with E-state index in [2.05, 4.69) is 4.65 Å². The van der Waals surface area contributed by atoms with E-state index in [0.29, 0.717) is 0 Å². The van der Waals surface area contributed by atoms with Gasteiger partial charge in [0.25, 0.3) is 5.97 Å². The standard InChI is InChI=1S/C4H5BCl2O3/c1-3(8)2-4(9)10-5(6)7/h2H2,1H3. The van der Waals surface area contributed by atoms with Gasteiger partial charge in [-0.15, -0.1) is 22.9 Å². The van der Waals surface area contributed by atoms with Crippen LogP contribution in [-0.4, -0.2) is 17.5 Å². The highest BCUT2D eigenvalue weighted by Crippen LogP contribution is 1.99. The van der Waals surface area contributed by atoms with Gasteiger partial charge in [-0.3, -0.25) is 9.59 Å². The van der Waals surface area contributed by atoms with E-state index in [1.54, 1.807) is 0 Å². The third-order valence-corrected chi connectivity index (χ3v) is 0.792. The Kier molecular flexibility index (Phi) is 4.48. The van der Waals surface area contributed by atoms with Crippen LogP contribution < -0.4 is 0 Å². The average molecular weight is 183 g/mol. The van der Waals surface area contributed by atoms with Crippen LogP contribution in [0.2, 0.25) is 0 Å². The maximum Gasteiger partial charge on any atom is 0.578 e. The van der Waals surface area contributed by atoms with Crippen LogP contribution in [0, 0.1) is 0 Å². The highest BCUT2D eigenvalue weighted by molar-refractivity contribution is 7.31. The van der Waals surface area contributed by atoms with Crippen molar-refractivity contribution in [2.24, 2.45) is 0 Å². The Balaban J connectivity index is 3.54. The second kappa shape index (κ2) is 4.58. The van der Waals surface area contributed by atoms with Crippen LogP contribution in [0.15, 0.2) is 0 Å². The van der Waals surface area contributed by atoms with Crippen LogP contribution in [0.5, 0.6) is 0 Å². The topological polar surface area (TPSA) is 43.4 Å². The summed E-state index contributed by atoms with van der Waals surface area (Å²) in [5.41, 5.74) is 0. The third kappa shape index (κ3) is 5.91. The maximum atomic E-state index is 10.5. The Labute approximate surface area is 68.6 Å². The predicted octanol–water partition coefficient (Wildman–Crippen LogP) is 0.971. The normalized spacial score (nSPS) is 8.70. The van der Waals surface area contributed by atoms with Crippen molar-refractivity contribution in [3.05, 3.63) is 0 Å². The summed E-state index contributed by atoms with van der Waals surface area (Å²) in [6.07, 6.45) is -0.282. The lowest BCUT2D eigenvalue weighted by Gasteiger charge is -1.98. The predicted molar refractivity (Wildman–Crippen MR) is 38.9 cm³/mol. The molecular weight excluding hydrogens is 178 g/mol. The molecule has 0 saturated heterocycles. The molecule has 0 atom stereocenters. The Morgan fingerprint density at radius 1 is 1.50 bits per heavy atom. The first-order valence-electron chi connectivity index (χ1n) is 2.49. The number of carbonyl (C=O) groups excluding carboxylic acids is 2. The summed E-state index contributed by atoms with van der Waals surface area (Å²) in [6, 6.07) is 0. The van der Waals surface area contributed by atoms with E-state index < -0.39 is 11.7 Å². The van der Waals surface area contributed by atoms with Crippen LogP contribution in [0.1, 0.15) is 13.3 Å². The number of rotatable bonds is 3. The molecule has 10 heavy (non-hydrogen) atoms. The van der Waals surface area contributed by atoms with Gasteiger partial charge < -0.3 is 4.65 Å². The zero-order chi connectivity index (χ0) is 8.15. The summed E-state index contributed by atoms with van der Waals surface area (Å²) >= 11 is 10.1. The van der Waals surface area contributed by atoms with Crippen molar-refractivity contribution >= 4 is 40.4 Å². The third-order valence-electron chi connectivity index (χ3n) is 0.614. The van der Waals surface area contributed by atoms with Gasteiger partial charge in [0.15, 0.2) is 0 Å². The molecule has 0 unspecified atom stereocenters. The molecule has 0 heterocycles. The largest absolute Gasteiger partial charge is 0.578 e. The average Bonchev–Trinajstić information content (AvgIpc) is 1.58. The minimum absolute atomic E-state index is 0.279. The SMILES string of the molecule is CC(=O)CC(=O)OB(Cl)Cl. The molecule has 0 aromatic carbocycles. The van der Waals surface area contributed by atoms with E-state index in [1.165, 1.54) is 6.92 Å². The number of halogens is 2. The highest BCUT2D eigenvalue weighted by Gasteiger charge is 2.14. The van der Waals surface area contributed by atoms with Gasteiger partial charge in [0.2, 0.25) is 0 Å². The van der Waals surface area contributed by atoms with Crippen LogP contribution in [-0.2, 0) is 14.2 Å². The summed E-state index contributed by atoms with van der Waals surface area (Å²) in [5, 5.41) is 0. The summed E-state index contributed by atoms with van der Waals surface area (Å²) in [7, 11) is 0. The molecule has 3 nitrogen and oxygen atoms in total. The second-order valence-electron chi connectivity index (χ2n) is 1.63. The van der Waals surface area contributed by atoms with Gasteiger partial charge in [-0.25, -0.2) is 0 Å². The van der Waals surface area contributed by atoms with Crippen LogP contribution in [0.25, 0.3) is 0 Å². The van der Waals surface area contributed by atoms with Gasteiger partial charge in [-0.05, 0) is 6.92 Å². The van der Waals surface area contributed by atoms with Crippen LogP contribution in [0.3, 0.4) is 0 Å². The lowest BCUT2D eigenvalue weighted by molar-refractivity contribution is -0.137. The molecule has 0 amide bonds. The summed E-state index contributed by atoms with van der Waals surface area (Å²) in [5.74, 6) is -2.17. The molecule has 0 rings (SSSR count). The maximum absolute atomic E-state index is 10.5. The fourth-order valence-electron chi connectivity index (χ4n) is 0.344. The van der Waals surface area contributed by atoms with Crippen molar-refractivity contribution in [3.8, 4) is 0 Å². The molecule has 0 aliphatic rings. The smallest absolute Gasteiger partial charge is 0.507 e. The van der Waals surface area contributed by atoms with E-state index in [1.807, 2.05) is 0 Å². The fourth-order valence-corrected chi connectivity index (χ4v) is 0.543. The molecule has 0 bridgehead atoms. The molecule has 0 aromatic heterocycles. The van der Waals surface area contributed by atoms with Crippen molar-refractivity contribution < 1.29 is 14.2 Å². The van der Waals surface area contributed by atoms with Gasteiger partial charge in [0.05, 0.1) is 0 Å². The minimum atomic E-state index is -1.19. The molecule has 0 fully saturated rings. The molecule has 6 heteroatoms. The zero-order valence-corrected chi connectivity index (χ0v) is 6.78. The second-order valence-corrected chi connectivity index (χ2v) is 2.65. The number of hydrogen-bond donors (Lipinski definition) is 0. The molecule has 0 radical (unpaired) electrons. The quantitative estimate of drug-likeness (QED) is 0.483. The first kappa shape index (κ1) is 9.78. The molecular formula is C4H5BCl2O3. The van der Waals surface area contributed by atoms with Gasteiger partial charge in [-0.2, -0.15) is 0 Å². The van der Waals surface area contributed by atoms with Gasteiger partial charge >= 0.3 is 5.75 Å². The number of Topliss-reactive ketones (excluding diaryl/α,β-unsaturated/α-hetero) is 1. The number of ketones is 1. The van der Waals surface area contributed by atoms with Gasteiger partial charge in [-0.1, -0.05) is 0 Å². The molecule has 0 spiro atoms. The summed E-state index contributed by atoms with van der Waals surface area (Å²) < 4.78 is 4.23.